The lowest BCUT2D eigenvalue weighted by Gasteiger charge is -2.37. The van der Waals surface area contributed by atoms with Gasteiger partial charge in [0.05, 0.1) is 19.1 Å². The molecule has 0 aromatic rings. The van der Waals surface area contributed by atoms with Gasteiger partial charge in [0, 0.05) is 6.54 Å². The minimum Gasteiger partial charge on any atom is -0.466 e. The van der Waals surface area contributed by atoms with Crippen molar-refractivity contribution in [2.45, 2.75) is 51.3 Å². The van der Waals surface area contributed by atoms with E-state index in [9.17, 15) is 31.2 Å². The average Bonchev–Trinajstić information content (AvgIpc) is 2.43. The molecule has 0 aromatic heterocycles. The van der Waals surface area contributed by atoms with Crippen LogP contribution in [0.1, 0.15) is 34.1 Å². The molecule has 12 heteroatoms. The molecule has 0 aromatic carbocycles. The Bertz CT molecular complexity index is 627. The van der Waals surface area contributed by atoms with Gasteiger partial charge in [-0.05, 0) is 34.1 Å². The fourth-order valence-electron chi connectivity index (χ4n) is 2.24. The fourth-order valence-corrected chi connectivity index (χ4v) is 2.87. The highest BCUT2D eigenvalue weighted by Gasteiger charge is 2.51. The maximum atomic E-state index is 12.6. The number of alkyl halides is 3. The first-order valence-corrected chi connectivity index (χ1v) is 9.23. The summed E-state index contributed by atoms with van der Waals surface area (Å²) >= 11 is 0. The molecule has 0 spiro atoms. The normalized spacial score (nSPS) is 22.0. The molecule has 152 valence electrons. The van der Waals surface area contributed by atoms with Crippen molar-refractivity contribution in [1.29, 1.82) is 0 Å². The van der Waals surface area contributed by atoms with Crippen molar-refractivity contribution < 1.29 is 44.8 Å². The highest BCUT2D eigenvalue weighted by molar-refractivity contribution is 7.87. The summed E-state index contributed by atoms with van der Waals surface area (Å²) in [4.78, 5) is 25.0. The van der Waals surface area contributed by atoms with Crippen LogP contribution in [-0.4, -0.2) is 62.3 Å². The molecule has 1 rings (SSSR count). The third kappa shape index (κ3) is 6.01. The summed E-state index contributed by atoms with van der Waals surface area (Å²) in [6, 6.07) is 0. The van der Waals surface area contributed by atoms with E-state index in [0.717, 1.165) is 4.90 Å². The number of piperidine rings is 1. The molecule has 2 unspecified atom stereocenters. The topological polar surface area (TPSA) is 99.2 Å². The first-order valence-electron chi connectivity index (χ1n) is 7.82. The summed E-state index contributed by atoms with van der Waals surface area (Å²) in [5.74, 6) is -2.15. The molecule has 1 aliphatic rings. The maximum Gasteiger partial charge on any atom is 0.523 e. The molecule has 0 N–H and O–H groups in total. The zero-order chi connectivity index (χ0) is 20.3. The quantitative estimate of drug-likeness (QED) is 0.401. The van der Waals surface area contributed by atoms with E-state index < -0.39 is 51.9 Å². The fraction of sp³-hybridized carbons (Fsp3) is 0.857. The molecule has 1 amide bonds. The van der Waals surface area contributed by atoms with Gasteiger partial charge in [0.15, 0.2) is 0 Å². The zero-order valence-electron chi connectivity index (χ0n) is 14.8. The van der Waals surface area contributed by atoms with Crippen LogP contribution in [0.2, 0.25) is 0 Å². The lowest BCUT2D eigenvalue weighted by molar-refractivity contribution is -0.154. The second-order valence-corrected chi connectivity index (χ2v) is 8.17. The van der Waals surface area contributed by atoms with Crippen molar-refractivity contribution in [2.75, 3.05) is 19.7 Å². The summed E-state index contributed by atoms with van der Waals surface area (Å²) in [5.41, 5.74) is -6.51. The molecular weight excluding hydrogens is 383 g/mol. The van der Waals surface area contributed by atoms with Gasteiger partial charge >= 0.3 is 27.7 Å². The number of carbonyl (C=O) groups is 2. The molecule has 8 nitrogen and oxygen atoms in total. The minimum atomic E-state index is -5.95. The number of hydrogen-bond acceptors (Lipinski definition) is 7. The molecule has 26 heavy (non-hydrogen) atoms. The monoisotopic (exact) mass is 405 g/mol. The van der Waals surface area contributed by atoms with Crippen molar-refractivity contribution >= 4 is 22.2 Å². The van der Waals surface area contributed by atoms with Crippen LogP contribution in [0.3, 0.4) is 0 Å². The number of halogens is 3. The van der Waals surface area contributed by atoms with Crippen LogP contribution in [0.5, 0.6) is 0 Å². The number of amides is 1. The van der Waals surface area contributed by atoms with Crippen LogP contribution in [-0.2, 0) is 28.6 Å². The summed E-state index contributed by atoms with van der Waals surface area (Å²) < 4.78 is 74.6. The number of rotatable bonds is 4. The number of carbonyl (C=O) groups excluding carboxylic acids is 2. The Kier molecular flexibility index (Phi) is 6.91. The van der Waals surface area contributed by atoms with Gasteiger partial charge < -0.3 is 14.4 Å². The third-order valence-electron chi connectivity index (χ3n) is 3.33. The lowest BCUT2D eigenvalue weighted by Crippen LogP contribution is -2.52. The zero-order valence-corrected chi connectivity index (χ0v) is 15.6. The maximum absolute atomic E-state index is 12.6. The van der Waals surface area contributed by atoms with E-state index in [0.29, 0.717) is 0 Å². The van der Waals surface area contributed by atoms with Crippen LogP contribution in [0.15, 0.2) is 0 Å². The lowest BCUT2D eigenvalue weighted by atomic mass is 9.94. The van der Waals surface area contributed by atoms with Crippen LogP contribution in [0.25, 0.3) is 0 Å². The number of esters is 1. The molecule has 1 saturated heterocycles. The highest BCUT2D eigenvalue weighted by atomic mass is 32.2. The smallest absolute Gasteiger partial charge is 0.466 e. The molecule has 1 aliphatic heterocycles. The Hall–Kier alpha value is -1.56. The first-order chi connectivity index (χ1) is 11.7. The summed E-state index contributed by atoms with van der Waals surface area (Å²) in [7, 11) is -5.95. The van der Waals surface area contributed by atoms with Crippen molar-refractivity contribution in [1.82, 2.24) is 4.90 Å². The molecule has 1 heterocycles. The van der Waals surface area contributed by atoms with Gasteiger partial charge in [-0.2, -0.15) is 21.6 Å². The van der Waals surface area contributed by atoms with Crippen LogP contribution < -0.4 is 0 Å². The predicted molar refractivity (Wildman–Crippen MR) is 82.4 cm³/mol. The van der Waals surface area contributed by atoms with Crippen LogP contribution in [0.4, 0.5) is 18.0 Å². The molecule has 2 atom stereocenters. The van der Waals surface area contributed by atoms with E-state index in [4.69, 9.17) is 9.47 Å². The van der Waals surface area contributed by atoms with Gasteiger partial charge in [0.2, 0.25) is 0 Å². The van der Waals surface area contributed by atoms with E-state index in [1.54, 1.807) is 20.8 Å². The van der Waals surface area contributed by atoms with Gasteiger partial charge in [0.1, 0.15) is 11.7 Å². The van der Waals surface area contributed by atoms with Gasteiger partial charge in [-0.25, -0.2) is 4.79 Å². The summed E-state index contributed by atoms with van der Waals surface area (Å²) in [6.07, 6.45) is -2.71. The Morgan fingerprint density at radius 1 is 1.19 bits per heavy atom. The predicted octanol–water partition coefficient (Wildman–Crippen LogP) is 2.04. The number of nitrogens with zero attached hydrogens (tertiary/aromatic N) is 1. The summed E-state index contributed by atoms with van der Waals surface area (Å²) in [5, 5.41) is 0. The Labute approximate surface area is 149 Å². The summed E-state index contributed by atoms with van der Waals surface area (Å²) in [6.45, 7) is 5.66. The van der Waals surface area contributed by atoms with Crippen molar-refractivity contribution in [2.24, 2.45) is 5.92 Å². The van der Waals surface area contributed by atoms with Crippen molar-refractivity contribution in [3.05, 3.63) is 0 Å². The highest BCUT2D eigenvalue weighted by Crippen LogP contribution is 2.31. The second-order valence-electron chi connectivity index (χ2n) is 6.61. The van der Waals surface area contributed by atoms with E-state index in [1.807, 2.05) is 0 Å². The van der Waals surface area contributed by atoms with Crippen LogP contribution >= 0.6 is 0 Å². The van der Waals surface area contributed by atoms with Gasteiger partial charge in [-0.1, -0.05) is 0 Å². The van der Waals surface area contributed by atoms with Crippen molar-refractivity contribution in [3.63, 3.8) is 0 Å². The van der Waals surface area contributed by atoms with E-state index in [1.165, 1.54) is 6.92 Å². The number of hydrogen-bond donors (Lipinski definition) is 0. The van der Waals surface area contributed by atoms with E-state index in [-0.39, 0.29) is 19.6 Å². The van der Waals surface area contributed by atoms with Gasteiger partial charge in [-0.15, -0.1) is 0 Å². The Morgan fingerprint density at radius 3 is 2.23 bits per heavy atom. The number of ether oxygens (including phenoxy) is 2. The van der Waals surface area contributed by atoms with E-state index in [2.05, 4.69) is 4.18 Å². The van der Waals surface area contributed by atoms with Gasteiger partial charge in [-0.3, -0.25) is 8.98 Å². The first kappa shape index (κ1) is 22.5. The molecule has 0 saturated carbocycles. The Morgan fingerprint density at radius 2 is 1.77 bits per heavy atom. The average molecular weight is 405 g/mol. The molecule has 0 bridgehead atoms. The van der Waals surface area contributed by atoms with E-state index >= 15 is 0 Å². The SMILES string of the molecule is CCOC(=O)C1CCN(C(=O)OC(C)(C)C)CC1OS(=O)(=O)C(F)(F)F. The largest absolute Gasteiger partial charge is 0.523 e. The Balaban J connectivity index is 3.02. The molecule has 0 aliphatic carbocycles. The number of likely N-dealkylation sites (tertiary alicyclic amines) is 1. The van der Waals surface area contributed by atoms with Gasteiger partial charge in [0.25, 0.3) is 0 Å². The second kappa shape index (κ2) is 7.99. The third-order valence-corrected chi connectivity index (χ3v) is 4.40. The molecule has 0 radical (unpaired) electrons. The molecule has 1 fully saturated rings. The molecular formula is C14H22F3NO7S. The van der Waals surface area contributed by atoms with Crippen LogP contribution in [0, 0.1) is 5.92 Å². The van der Waals surface area contributed by atoms with Crippen molar-refractivity contribution in [3.8, 4) is 0 Å². The standard InChI is InChI=1S/C14H22F3NO7S/c1-5-23-11(19)9-6-7-18(12(20)24-13(2,3)4)8-10(9)25-26(21,22)14(15,16)17/h9-10H,5-8H2,1-4H3. The minimum absolute atomic E-state index is 0.0235.